The molecule has 122 valence electrons. The van der Waals surface area contributed by atoms with E-state index in [0.717, 1.165) is 16.8 Å². The van der Waals surface area contributed by atoms with Gasteiger partial charge in [-0.3, -0.25) is 0 Å². The second-order valence-electron chi connectivity index (χ2n) is 7.07. The third-order valence-electron chi connectivity index (χ3n) is 4.62. The number of benzene rings is 2. The van der Waals surface area contributed by atoms with Gasteiger partial charge in [0, 0.05) is 16.2 Å². The van der Waals surface area contributed by atoms with Crippen LogP contribution in [0.2, 0.25) is 9.56 Å². The lowest BCUT2D eigenvalue weighted by atomic mass is 10.1. The molecule has 0 radical (unpaired) electrons. The van der Waals surface area contributed by atoms with E-state index in [-0.39, 0.29) is 4.90 Å². The van der Waals surface area contributed by atoms with Crippen molar-refractivity contribution in [3.63, 3.8) is 0 Å². The average molecular weight is 325 g/mol. The molecule has 0 aromatic heterocycles. The van der Waals surface area contributed by atoms with Crippen molar-refractivity contribution >= 4 is 19.8 Å². The Morgan fingerprint density at radius 2 is 1.48 bits per heavy atom. The molecular weight excluding hydrogens is 297 g/mol. The lowest BCUT2D eigenvalue weighted by Gasteiger charge is -2.32. The Bertz CT molecular complexity index is 617. The van der Waals surface area contributed by atoms with E-state index >= 15 is 0 Å². The van der Waals surface area contributed by atoms with E-state index in [4.69, 9.17) is 0 Å². The van der Waals surface area contributed by atoms with E-state index < -0.39 is 14.1 Å². The quantitative estimate of drug-likeness (QED) is 0.667. The van der Waals surface area contributed by atoms with Crippen LogP contribution in [0, 0.1) is 6.92 Å². The minimum absolute atomic E-state index is 0.220. The molecule has 2 aromatic rings. The van der Waals surface area contributed by atoms with Crippen molar-refractivity contribution < 1.29 is 5.11 Å². The van der Waals surface area contributed by atoms with E-state index in [2.05, 4.69) is 69.4 Å². The summed E-state index contributed by atoms with van der Waals surface area (Å²) in [6.07, 6.45) is 0. The van der Waals surface area contributed by atoms with Crippen molar-refractivity contribution in [3.05, 3.63) is 59.7 Å². The van der Waals surface area contributed by atoms with Gasteiger partial charge in [-0.1, -0.05) is 73.7 Å². The summed E-state index contributed by atoms with van der Waals surface area (Å²) in [6, 6.07) is 16.4. The highest BCUT2D eigenvalue weighted by molar-refractivity contribution is 6.63. The summed E-state index contributed by atoms with van der Waals surface area (Å²) in [5.74, 6) is 0.444. The molecule has 0 aliphatic heterocycles. The maximum absolute atomic E-state index is 10.6. The number of nitrogens with one attached hydrogen (secondary N) is 1. The fourth-order valence-electron chi connectivity index (χ4n) is 3.57. The molecule has 0 heterocycles. The number of aromatic hydroxyl groups is 1. The fourth-order valence-corrected chi connectivity index (χ4v) is 7.72. The topological polar surface area (TPSA) is 32.3 Å². The van der Waals surface area contributed by atoms with Crippen molar-refractivity contribution in [2.24, 2.45) is 0 Å². The molecule has 2 aromatic carbocycles. The molecule has 0 fully saturated rings. The van der Waals surface area contributed by atoms with Crippen molar-refractivity contribution in [1.82, 2.24) is 0 Å². The van der Waals surface area contributed by atoms with Crippen LogP contribution in [0.1, 0.15) is 43.7 Å². The number of hydrogen-bond acceptors (Lipinski definition) is 2. The van der Waals surface area contributed by atoms with Crippen LogP contribution in [0.4, 0.5) is 5.69 Å². The maximum atomic E-state index is 10.6. The standard InChI is InChI=1S/C14H14NO.2C3H7.Al/c1-11-6-5-7-12(14(11)16)10-15-13-8-3-2-4-9-13;2*1-3-2;/h2-10,15-16H,1H3;2*3H,1-2H3;. The molecule has 0 bridgehead atoms. The van der Waals surface area contributed by atoms with Crippen LogP contribution in [0.3, 0.4) is 0 Å². The normalized spacial score (nSPS) is 12.5. The van der Waals surface area contributed by atoms with Gasteiger partial charge in [0.05, 0.1) is 0 Å². The SMILES string of the molecule is Cc1cccc([CH](Nc2ccccc2)[Al]([CH](C)C)[CH](C)C)c1O. The van der Waals surface area contributed by atoms with Crippen molar-refractivity contribution in [1.29, 1.82) is 0 Å². The van der Waals surface area contributed by atoms with Gasteiger partial charge in [0.2, 0.25) is 0 Å². The van der Waals surface area contributed by atoms with Gasteiger partial charge in [0.15, 0.2) is 0 Å². The molecule has 2 N–H and O–H groups in total. The van der Waals surface area contributed by atoms with Gasteiger partial charge < -0.3 is 10.4 Å². The van der Waals surface area contributed by atoms with Gasteiger partial charge in [-0.05, 0) is 24.6 Å². The van der Waals surface area contributed by atoms with E-state index in [9.17, 15) is 5.11 Å². The monoisotopic (exact) mass is 325 g/mol. The maximum Gasteiger partial charge on any atom is 0.308 e. The van der Waals surface area contributed by atoms with E-state index in [0.29, 0.717) is 15.3 Å². The molecule has 0 amide bonds. The molecule has 0 saturated carbocycles. The van der Waals surface area contributed by atoms with Crippen molar-refractivity contribution in [3.8, 4) is 5.75 Å². The molecular formula is C20H28AlNO. The Morgan fingerprint density at radius 1 is 0.870 bits per heavy atom. The second kappa shape index (κ2) is 7.91. The average Bonchev–Trinajstić information content (AvgIpc) is 2.50. The van der Waals surface area contributed by atoms with Gasteiger partial charge in [-0.25, -0.2) is 0 Å². The number of anilines is 1. The summed E-state index contributed by atoms with van der Waals surface area (Å²) in [5, 5.41) is 14.4. The van der Waals surface area contributed by atoms with E-state index in [1.807, 2.05) is 19.1 Å². The van der Waals surface area contributed by atoms with E-state index in [1.165, 1.54) is 0 Å². The van der Waals surface area contributed by atoms with Crippen LogP contribution in [0.5, 0.6) is 5.75 Å². The highest BCUT2D eigenvalue weighted by atomic mass is 27.2. The number of para-hydroxylation sites is 2. The molecule has 0 spiro atoms. The highest BCUT2D eigenvalue weighted by Crippen LogP contribution is 2.38. The van der Waals surface area contributed by atoms with Crippen LogP contribution >= 0.6 is 0 Å². The van der Waals surface area contributed by atoms with Crippen molar-refractivity contribution in [2.75, 3.05) is 5.32 Å². The number of rotatable bonds is 6. The number of hydrogen-bond donors (Lipinski definition) is 2. The molecule has 2 rings (SSSR count). The van der Waals surface area contributed by atoms with Crippen LogP contribution in [-0.2, 0) is 0 Å². The minimum atomic E-state index is -1.21. The Morgan fingerprint density at radius 3 is 2.04 bits per heavy atom. The van der Waals surface area contributed by atoms with Gasteiger partial charge in [0.1, 0.15) is 5.75 Å². The van der Waals surface area contributed by atoms with E-state index in [1.54, 1.807) is 0 Å². The molecule has 1 unspecified atom stereocenters. The number of aryl methyl sites for hydroxylation is 1. The number of phenolic OH excluding ortho intramolecular Hbond substituents is 1. The van der Waals surface area contributed by atoms with Gasteiger partial charge >= 0.3 is 14.1 Å². The zero-order chi connectivity index (χ0) is 17.0. The summed E-state index contributed by atoms with van der Waals surface area (Å²) in [7, 11) is 0. The first kappa shape index (κ1) is 17.9. The molecule has 3 heteroatoms. The third-order valence-corrected chi connectivity index (χ3v) is 9.00. The van der Waals surface area contributed by atoms with Crippen LogP contribution in [0.15, 0.2) is 48.5 Å². The van der Waals surface area contributed by atoms with Crippen LogP contribution < -0.4 is 5.32 Å². The Labute approximate surface area is 145 Å². The van der Waals surface area contributed by atoms with Crippen LogP contribution in [-0.4, -0.2) is 19.3 Å². The Kier molecular flexibility index (Phi) is 6.16. The molecule has 0 aliphatic carbocycles. The Hall–Kier alpha value is -1.43. The summed E-state index contributed by atoms with van der Waals surface area (Å²) in [5.41, 5.74) is 3.12. The zero-order valence-corrected chi connectivity index (χ0v) is 16.0. The molecule has 0 saturated heterocycles. The second-order valence-corrected chi connectivity index (χ2v) is 11.6. The third kappa shape index (κ3) is 4.31. The van der Waals surface area contributed by atoms with Crippen LogP contribution in [0.25, 0.3) is 0 Å². The zero-order valence-electron chi connectivity index (χ0n) is 14.9. The highest BCUT2D eigenvalue weighted by Gasteiger charge is 2.36. The lowest BCUT2D eigenvalue weighted by Crippen LogP contribution is -2.35. The molecule has 1 atom stereocenters. The first-order valence-corrected chi connectivity index (χ1v) is 10.5. The summed E-state index contributed by atoms with van der Waals surface area (Å²) in [4.78, 5) is 0.220. The molecule has 2 nitrogen and oxygen atoms in total. The first-order chi connectivity index (χ1) is 10.9. The van der Waals surface area contributed by atoms with Gasteiger partial charge in [-0.15, -0.1) is 0 Å². The fraction of sp³-hybridized carbons (Fsp3) is 0.400. The summed E-state index contributed by atoms with van der Waals surface area (Å²) >= 11 is -1.21. The first-order valence-electron chi connectivity index (χ1n) is 8.52. The lowest BCUT2D eigenvalue weighted by molar-refractivity contribution is 0.463. The number of phenols is 1. The summed E-state index contributed by atoms with van der Waals surface area (Å²) < 4.78 is 1.30. The predicted molar refractivity (Wildman–Crippen MR) is 102 cm³/mol. The predicted octanol–water partition coefficient (Wildman–Crippen LogP) is 5.71. The molecule has 23 heavy (non-hydrogen) atoms. The van der Waals surface area contributed by atoms with Gasteiger partial charge in [0.25, 0.3) is 0 Å². The smallest absolute Gasteiger partial charge is 0.308 e. The Balaban J connectivity index is 2.48. The summed E-state index contributed by atoms with van der Waals surface area (Å²) in [6.45, 7) is 11.3. The largest absolute Gasteiger partial charge is 0.507 e. The molecule has 0 aliphatic rings. The minimum Gasteiger partial charge on any atom is -0.507 e. The van der Waals surface area contributed by atoms with Gasteiger partial charge in [-0.2, -0.15) is 0 Å². The van der Waals surface area contributed by atoms with Crippen molar-refractivity contribution in [2.45, 2.75) is 49.1 Å².